The summed E-state index contributed by atoms with van der Waals surface area (Å²) in [5.41, 5.74) is 5.25. The highest BCUT2D eigenvalue weighted by Gasteiger charge is 2.53. The van der Waals surface area contributed by atoms with E-state index in [-0.39, 0.29) is 0 Å². The summed E-state index contributed by atoms with van der Waals surface area (Å²) < 4.78 is 38.0. The Kier molecular flexibility index (Phi) is 3.16. The van der Waals surface area contributed by atoms with Crippen molar-refractivity contribution in [3.63, 3.8) is 0 Å². The first-order valence-corrected chi connectivity index (χ1v) is 6.94. The number of hydrogen-bond donors (Lipinski definition) is 1. The van der Waals surface area contributed by atoms with Crippen molar-refractivity contribution in [2.24, 2.45) is 17.1 Å². The molecule has 1 aromatic rings. The third kappa shape index (κ3) is 2.37. The van der Waals surface area contributed by atoms with E-state index in [0.29, 0.717) is 17.2 Å². The highest BCUT2D eigenvalue weighted by Crippen LogP contribution is 2.58. The molecule has 1 saturated carbocycles. The number of nitrogens with two attached hydrogens (primary N) is 1. The number of nitrogens with zero attached hydrogens (tertiary/aromatic N) is 2. The summed E-state index contributed by atoms with van der Waals surface area (Å²) >= 11 is 0. The second-order valence-electron chi connectivity index (χ2n) is 5.86. The van der Waals surface area contributed by atoms with Crippen LogP contribution in [0.25, 0.3) is 0 Å². The van der Waals surface area contributed by atoms with Crippen LogP contribution in [-0.2, 0) is 6.18 Å². The minimum atomic E-state index is -4.38. The molecule has 2 fully saturated rings. The lowest BCUT2D eigenvalue weighted by Gasteiger charge is -2.34. The molecule has 1 aromatic heterocycles. The summed E-state index contributed by atoms with van der Waals surface area (Å²) in [7, 11) is 0. The van der Waals surface area contributed by atoms with E-state index in [4.69, 9.17) is 5.73 Å². The van der Waals surface area contributed by atoms with Crippen LogP contribution in [0.1, 0.15) is 25.0 Å². The molecule has 110 valence electrons. The van der Waals surface area contributed by atoms with Gasteiger partial charge in [0, 0.05) is 13.1 Å². The maximum absolute atomic E-state index is 12.7. The maximum Gasteiger partial charge on any atom is 0.433 e. The van der Waals surface area contributed by atoms with Gasteiger partial charge in [0.25, 0.3) is 0 Å². The SMILES string of the molecule is NCC1CC12CCN(c1cccc(C(F)(F)F)n1)CC2. The van der Waals surface area contributed by atoms with Gasteiger partial charge in [0.2, 0.25) is 0 Å². The zero-order valence-corrected chi connectivity index (χ0v) is 11.2. The fraction of sp³-hybridized carbons (Fsp3) is 0.643. The van der Waals surface area contributed by atoms with Crippen molar-refractivity contribution in [1.29, 1.82) is 0 Å². The lowest BCUT2D eigenvalue weighted by atomic mass is 9.91. The highest BCUT2D eigenvalue weighted by molar-refractivity contribution is 5.40. The van der Waals surface area contributed by atoms with Gasteiger partial charge in [0.15, 0.2) is 0 Å². The van der Waals surface area contributed by atoms with Gasteiger partial charge < -0.3 is 10.6 Å². The Morgan fingerprint density at radius 1 is 1.30 bits per heavy atom. The van der Waals surface area contributed by atoms with Crippen molar-refractivity contribution in [2.45, 2.75) is 25.4 Å². The Morgan fingerprint density at radius 3 is 2.55 bits per heavy atom. The number of piperidine rings is 1. The van der Waals surface area contributed by atoms with Crippen LogP contribution >= 0.6 is 0 Å². The normalized spacial score (nSPS) is 25.0. The molecular formula is C14H18F3N3. The first-order valence-electron chi connectivity index (χ1n) is 6.94. The molecule has 1 atom stereocenters. The number of hydrogen-bond acceptors (Lipinski definition) is 3. The molecule has 3 rings (SSSR count). The smallest absolute Gasteiger partial charge is 0.357 e. The highest BCUT2D eigenvalue weighted by atomic mass is 19.4. The van der Waals surface area contributed by atoms with Gasteiger partial charge in [0.1, 0.15) is 11.5 Å². The van der Waals surface area contributed by atoms with E-state index < -0.39 is 11.9 Å². The minimum absolute atomic E-state index is 0.368. The summed E-state index contributed by atoms with van der Waals surface area (Å²) in [6.07, 6.45) is -1.19. The predicted molar refractivity (Wildman–Crippen MR) is 70.3 cm³/mol. The quantitative estimate of drug-likeness (QED) is 0.908. The third-order valence-corrected chi connectivity index (χ3v) is 4.75. The zero-order chi connectivity index (χ0) is 14.4. The minimum Gasteiger partial charge on any atom is -0.357 e. The lowest BCUT2D eigenvalue weighted by molar-refractivity contribution is -0.141. The lowest BCUT2D eigenvalue weighted by Crippen LogP contribution is -2.36. The molecule has 0 bridgehead atoms. The number of anilines is 1. The summed E-state index contributed by atoms with van der Waals surface area (Å²) in [6.45, 7) is 2.26. The fourth-order valence-electron chi connectivity index (χ4n) is 3.32. The van der Waals surface area contributed by atoms with E-state index in [1.165, 1.54) is 12.5 Å². The van der Waals surface area contributed by atoms with Crippen LogP contribution in [0.4, 0.5) is 19.0 Å². The monoisotopic (exact) mass is 285 g/mol. The van der Waals surface area contributed by atoms with Crippen molar-refractivity contribution in [3.8, 4) is 0 Å². The number of aromatic nitrogens is 1. The summed E-state index contributed by atoms with van der Waals surface area (Å²) in [5, 5.41) is 0. The van der Waals surface area contributed by atoms with Gasteiger partial charge in [-0.1, -0.05) is 6.07 Å². The molecule has 3 nitrogen and oxygen atoms in total. The van der Waals surface area contributed by atoms with Gasteiger partial charge in [-0.05, 0) is 49.3 Å². The zero-order valence-electron chi connectivity index (χ0n) is 11.2. The second kappa shape index (κ2) is 4.62. The van der Waals surface area contributed by atoms with Crippen LogP contribution < -0.4 is 10.6 Å². The molecule has 1 aliphatic heterocycles. The molecule has 1 saturated heterocycles. The van der Waals surface area contributed by atoms with Gasteiger partial charge in [-0.25, -0.2) is 4.98 Å². The molecule has 20 heavy (non-hydrogen) atoms. The topological polar surface area (TPSA) is 42.1 Å². The molecule has 1 aliphatic carbocycles. The van der Waals surface area contributed by atoms with E-state index in [1.807, 2.05) is 4.90 Å². The Balaban J connectivity index is 1.70. The molecule has 0 aromatic carbocycles. The van der Waals surface area contributed by atoms with Crippen LogP contribution in [0, 0.1) is 11.3 Å². The van der Waals surface area contributed by atoms with Crippen LogP contribution in [0.2, 0.25) is 0 Å². The van der Waals surface area contributed by atoms with Crippen molar-refractivity contribution < 1.29 is 13.2 Å². The molecule has 2 heterocycles. The third-order valence-electron chi connectivity index (χ3n) is 4.75. The standard InChI is InChI=1S/C14H18F3N3/c15-14(16,17)11-2-1-3-12(19-11)20-6-4-13(5-7-20)8-10(13)9-18/h1-3,10H,4-9,18H2. The van der Waals surface area contributed by atoms with Crippen LogP contribution in [0.5, 0.6) is 0 Å². The maximum atomic E-state index is 12.7. The molecule has 6 heteroatoms. The number of pyridine rings is 1. The van der Waals surface area contributed by atoms with Crippen LogP contribution in [0.15, 0.2) is 18.2 Å². The molecule has 0 radical (unpaired) electrons. The predicted octanol–water partition coefficient (Wildman–Crippen LogP) is 2.67. The van der Waals surface area contributed by atoms with Crippen LogP contribution in [-0.4, -0.2) is 24.6 Å². The Hall–Kier alpha value is -1.30. The van der Waals surface area contributed by atoms with Crippen molar-refractivity contribution in [2.75, 3.05) is 24.5 Å². The Labute approximate surface area is 116 Å². The van der Waals surface area contributed by atoms with E-state index in [1.54, 1.807) is 6.07 Å². The average Bonchev–Trinajstić information content (AvgIpc) is 3.12. The van der Waals surface area contributed by atoms with Gasteiger partial charge in [-0.2, -0.15) is 13.2 Å². The van der Waals surface area contributed by atoms with Crippen molar-refractivity contribution in [1.82, 2.24) is 4.98 Å². The second-order valence-corrected chi connectivity index (χ2v) is 5.86. The summed E-state index contributed by atoms with van der Waals surface area (Å²) in [5.74, 6) is 1.04. The first-order chi connectivity index (χ1) is 9.44. The molecule has 0 amide bonds. The van der Waals surface area contributed by atoms with E-state index in [9.17, 15) is 13.2 Å². The van der Waals surface area contributed by atoms with E-state index in [2.05, 4.69) is 4.98 Å². The molecule has 1 spiro atoms. The molecule has 1 unspecified atom stereocenters. The van der Waals surface area contributed by atoms with E-state index in [0.717, 1.165) is 38.5 Å². The van der Waals surface area contributed by atoms with E-state index >= 15 is 0 Å². The molecular weight excluding hydrogens is 267 g/mol. The number of rotatable bonds is 2. The van der Waals surface area contributed by atoms with Crippen molar-refractivity contribution >= 4 is 5.82 Å². The largest absolute Gasteiger partial charge is 0.433 e. The summed E-state index contributed by atoms with van der Waals surface area (Å²) in [4.78, 5) is 5.70. The first kappa shape index (κ1) is 13.7. The fourth-order valence-corrected chi connectivity index (χ4v) is 3.32. The van der Waals surface area contributed by atoms with Crippen molar-refractivity contribution in [3.05, 3.63) is 23.9 Å². The average molecular weight is 285 g/mol. The Bertz CT molecular complexity index is 493. The van der Waals surface area contributed by atoms with Gasteiger partial charge in [0.05, 0.1) is 0 Å². The van der Waals surface area contributed by atoms with Gasteiger partial charge in [-0.15, -0.1) is 0 Å². The molecule has 2 aliphatic rings. The number of alkyl halides is 3. The van der Waals surface area contributed by atoms with Gasteiger partial charge in [-0.3, -0.25) is 0 Å². The number of halogens is 3. The van der Waals surface area contributed by atoms with Crippen LogP contribution in [0.3, 0.4) is 0 Å². The van der Waals surface area contributed by atoms with Gasteiger partial charge >= 0.3 is 6.18 Å². The molecule has 2 N–H and O–H groups in total. The summed E-state index contributed by atoms with van der Waals surface area (Å²) in [6, 6.07) is 4.09. The Morgan fingerprint density at radius 2 is 2.00 bits per heavy atom.